The Bertz CT molecular complexity index is 773. The number of anilines is 1. The van der Waals surface area contributed by atoms with E-state index in [1.54, 1.807) is 44.2 Å². The average molecular weight is 352 g/mol. The van der Waals surface area contributed by atoms with Crippen LogP contribution >= 0.6 is 0 Å². The number of nitrogens with two attached hydrogens (primary N) is 1. The molecule has 0 aliphatic rings. The van der Waals surface area contributed by atoms with Gasteiger partial charge in [-0.3, -0.25) is 4.79 Å². The van der Waals surface area contributed by atoms with E-state index in [9.17, 15) is 18.0 Å². The first kappa shape index (κ1) is 18.6. The lowest BCUT2D eigenvalue weighted by Crippen LogP contribution is -2.25. The zero-order valence-electron chi connectivity index (χ0n) is 13.9. The normalized spacial score (nSPS) is 11.2. The molecule has 0 heterocycles. The molecule has 0 bridgehead atoms. The molecule has 2 aromatic carbocycles. The molecule has 3 N–H and O–H groups in total. The molecule has 0 radical (unpaired) electrons. The van der Waals surface area contributed by atoms with E-state index < -0.39 is 12.8 Å². The number of aryl methyl sites for hydroxylation is 2. The van der Waals surface area contributed by atoms with Crippen LogP contribution in [-0.4, -0.2) is 18.7 Å². The van der Waals surface area contributed by atoms with Crippen LogP contribution in [0.3, 0.4) is 0 Å². The van der Waals surface area contributed by atoms with Crippen molar-refractivity contribution in [1.29, 1.82) is 0 Å². The predicted molar refractivity (Wildman–Crippen MR) is 89.5 cm³/mol. The first-order valence-corrected chi connectivity index (χ1v) is 7.59. The van der Waals surface area contributed by atoms with Crippen molar-refractivity contribution in [3.8, 4) is 5.75 Å². The van der Waals surface area contributed by atoms with Crippen molar-refractivity contribution in [1.82, 2.24) is 5.32 Å². The highest BCUT2D eigenvalue weighted by atomic mass is 19.4. The maximum Gasteiger partial charge on any atom is 0.422 e. The van der Waals surface area contributed by atoms with Crippen LogP contribution in [0.4, 0.5) is 18.9 Å². The number of rotatable bonds is 5. The fourth-order valence-electron chi connectivity index (χ4n) is 2.26. The Hall–Kier alpha value is -2.70. The minimum atomic E-state index is -4.43. The molecule has 0 aromatic heterocycles. The van der Waals surface area contributed by atoms with Gasteiger partial charge in [0.05, 0.1) is 0 Å². The van der Waals surface area contributed by atoms with Crippen molar-refractivity contribution in [2.75, 3.05) is 12.3 Å². The van der Waals surface area contributed by atoms with Crippen LogP contribution in [0.15, 0.2) is 36.4 Å². The van der Waals surface area contributed by atoms with Crippen molar-refractivity contribution < 1.29 is 22.7 Å². The smallest absolute Gasteiger partial charge is 0.422 e. The number of benzene rings is 2. The fourth-order valence-corrected chi connectivity index (χ4v) is 2.26. The summed E-state index contributed by atoms with van der Waals surface area (Å²) in [5.74, 6) is -0.255. The van der Waals surface area contributed by atoms with E-state index >= 15 is 0 Å². The molecular formula is C18H19F3N2O2. The highest BCUT2D eigenvalue weighted by Gasteiger charge is 2.28. The number of halogens is 3. The van der Waals surface area contributed by atoms with Gasteiger partial charge in [0.25, 0.3) is 5.91 Å². The molecule has 0 spiro atoms. The Kier molecular flexibility index (Phi) is 5.56. The summed E-state index contributed by atoms with van der Waals surface area (Å²) in [7, 11) is 0. The second-order valence-electron chi connectivity index (χ2n) is 5.77. The third-order valence-electron chi connectivity index (χ3n) is 3.56. The second kappa shape index (κ2) is 7.46. The summed E-state index contributed by atoms with van der Waals surface area (Å²) in [4.78, 5) is 12.3. The SMILES string of the molecule is Cc1ccc(CNC(=O)c2cc(N)ccc2C)c(OCC(F)(F)F)c1. The molecule has 4 nitrogen and oxygen atoms in total. The van der Waals surface area contributed by atoms with E-state index in [1.807, 2.05) is 0 Å². The summed E-state index contributed by atoms with van der Waals surface area (Å²) < 4.78 is 42.0. The molecule has 7 heteroatoms. The number of ether oxygens (including phenoxy) is 1. The van der Waals surface area contributed by atoms with Gasteiger partial charge in [0, 0.05) is 23.4 Å². The second-order valence-corrected chi connectivity index (χ2v) is 5.77. The van der Waals surface area contributed by atoms with Crippen LogP contribution in [0, 0.1) is 13.8 Å². The summed E-state index contributed by atoms with van der Waals surface area (Å²) in [6.45, 7) is 2.18. The topological polar surface area (TPSA) is 64.4 Å². The van der Waals surface area contributed by atoms with Crippen LogP contribution in [0.1, 0.15) is 27.0 Å². The summed E-state index contributed by atoms with van der Waals surface area (Å²) in [6, 6.07) is 9.87. The van der Waals surface area contributed by atoms with Gasteiger partial charge in [-0.1, -0.05) is 18.2 Å². The minimum Gasteiger partial charge on any atom is -0.484 e. The van der Waals surface area contributed by atoms with Gasteiger partial charge in [-0.05, 0) is 43.2 Å². The van der Waals surface area contributed by atoms with Crippen LogP contribution in [0.2, 0.25) is 0 Å². The highest BCUT2D eigenvalue weighted by molar-refractivity contribution is 5.96. The molecule has 134 valence electrons. The number of nitrogens with one attached hydrogen (secondary N) is 1. The van der Waals surface area contributed by atoms with Gasteiger partial charge >= 0.3 is 6.18 Å². The largest absolute Gasteiger partial charge is 0.484 e. The van der Waals surface area contributed by atoms with Crippen molar-refractivity contribution in [2.24, 2.45) is 0 Å². The summed E-state index contributed by atoms with van der Waals surface area (Å²) in [5.41, 5.74) is 8.55. The molecule has 2 aromatic rings. The monoisotopic (exact) mass is 352 g/mol. The Balaban J connectivity index is 2.12. The molecule has 1 amide bonds. The molecule has 0 aliphatic heterocycles. The fraction of sp³-hybridized carbons (Fsp3) is 0.278. The number of alkyl halides is 3. The van der Waals surface area contributed by atoms with Crippen molar-refractivity contribution >= 4 is 11.6 Å². The number of hydrogen-bond acceptors (Lipinski definition) is 3. The first-order chi connectivity index (χ1) is 11.7. The van der Waals surface area contributed by atoms with Crippen LogP contribution in [-0.2, 0) is 6.54 Å². The molecule has 0 unspecified atom stereocenters. The van der Waals surface area contributed by atoms with Gasteiger partial charge in [-0.15, -0.1) is 0 Å². The zero-order chi connectivity index (χ0) is 18.6. The average Bonchev–Trinajstić information content (AvgIpc) is 2.53. The number of hydrogen-bond donors (Lipinski definition) is 2. The van der Waals surface area contributed by atoms with Crippen molar-refractivity contribution in [3.63, 3.8) is 0 Å². The van der Waals surface area contributed by atoms with Gasteiger partial charge in [0.15, 0.2) is 6.61 Å². The van der Waals surface area contributed by atoms with E-state index in [-0.39, 0.29) is 18.2 Å². The molecule has 25 heavy (non-hydrogen) atoms. The van der Waals surface area contributed by atoms with Crippen molar-refractivity contribution in [2.45, 2.75) is 26.6 Å². The van der Waals surface area contributed by atoms with Gasteiger partial charge in [0.2, 0.25) is 0 Å². The van der Waals surface area contributed by atoms with E-state index in [4.69, 9.17) is 10.5 Å². The van der Waals surface area contributed by atoms with E-state index in [0.29, 0.717) is 16.8 Å². The quantitative estimate of drug-likeness (QED) is 0.806. The number of nitrogen functional groups attached to an aromatic ring is 1. The van der Waals surface area contributed by atoms with E-state index in [2.05, 4.69) is 5.32 Å². The maximum atomic E-state index is 12.4. The van der Waals surface area contributed by atoms with Crippen LogP contribution < -0.4 is 15.8 Å². The van der Waals surface area contributed by atoms with Crippen LogP contribution in [0.5, 0.6) is 5.75 Å². The van der Waals surface area contributed by atoms with E-state index in [0.717, 1.165) is 11.1 Å². The Labute approximate surface area is 143 Å². The number of carbonyl (C=O) groups is 1. The minimum absolute atomic E-state index is 0.0422. The lowest BCUT2D eigenvalue weighted by molar-refractivity contribution is -0.153. The third kappa shape index (κ3) is 5.41. The molecule has 0 aliphatic carbocycles. The maximum absolute atomic E-state index is 12.4. The molecule has 2 rings (SSSR count). The third-order valence-corrected chi connectivity index (χ3v) is 3.56. The predicted octanol–water partition coefficient (Wildman–Crippen LogP) is 3.76. The first-order valence-electron chi connectivity index (χ1n) is 7.59. The molecule has 0 saturated heterocycles. The van der Waals surface area contributed by atoms with E-state index in [1.165, 1.54) is 6.07 Å². The van der Waals surface area contributed by atoms with Crippen LogP contribution in [0.25, 0.3) is 0 Å². The lowest BCUT2D eigenvalue weighted by atomic mass is 10.1. The molecule has 0 saturated carbocycles. The summed E-state index contributed by atoms with van der Waals surface area (Å²) in [5, 5.41) is 2.68. The molecular weight excluding hydrogens is 333 g/mol. The zero-order valence-corrected chi connectivity index (χ0v) is 13.9. The van der Waals surface area contributed by atoms with Gasteiger partial charge < -0.3 is 15.8 Å². The van der Waals surface area contributed by atoms with Gasteiger partial charge in [0.1, 0.15) is 5.75 Å². The lowest BCUT2D eigenvalue weighted by Gasteiger charge is -2.15. The molecule has 0 fully saturated rings. The summed E-state index contributed by atoms with van der Waals surface area (Å²) in [6.07, 6.45) is -4.43. The highest BCUT2D eigenvalue weighted by Crippen LogP contribution is 2.24. The van der Waals surface area contributed by atoms with Gasteiger partial charge in [-0.25, -0.2) is 0 Å². The Morgan fingerprint density at radius 1 is 1.16 bits per heavy atom. The summed E-state index contributed by atoms with van der Waals surface area (Å²) >= 11 is 0. The number of carbonyl (C=O) groups excluding carboxylic acids is 1. The van der Waals surface area contributed by atoms with Crippen molar-refractivity contribution in [3.05, 3.63) is 58.7 Å². The standard InChI is InChI=1S/C18H19F3N2O2/c1-11-3-5-13(16(7-11)25-10-18(19,20)21)9-23-17(24)15-8-14(22)6-4-12(15)2/h3-8H,9-10,22H2,1-2H3,(H,23,24). The Morgan fingerprint density at radius 2 is 1.88 bits per heavy atom. The Morgan fingerprint density at radius 3 is 2.56 bits per heavy atom. The van der Waals surface area contributed by atoms with Gasteiger partial charge in [-0.2, -0.15) is 13.2 Å². The molecule has 0 atom stereocenters. The number of amides is 1.